The summed E-state index contributed by atoms with van der Waals surface area (Å²) in [4.78, 5) is 0. The molecule has 0 aromatic rings. The molecule has 0 heterocycles. The molecule has 0 spiro atoms. The van der Waals surface area contributed by atoms with E-state index in [2.05, 4.69) is 11.6 Å². The lowest BCUT2D eigenvalue weighted by Crippen LogP contribution is -2.35. The lowest BCUT2D eigenvalue weighted by atomic mass is 10.0. The van der Waals surface area contributed by atoms with E-state index in [1.807, 2.05) is 0 Å². The van der Waals surface area contributed by atoms with Crippen LogP contribution < -0.4 is 4.72 Å². The van der Waals surface area contributed by atoms with Gasteiger partial charge in [0.15, 0.2) is 0 Å². The molecule has 3 atom stereocenters. The zero-order chi connectivity index (χ0) is 12.5. The van der Waals surface area contributed by atoms with Crippen LogP contribution in [0.5, 0.6) is 0 Å². The van der Waals surface area contributed by atoms with E-state index >= 15 is 0 Å². The minimum Gasteiger partial charge on any atom is -0.371 e. The first-order chi connectivity index (χ1) is 8.06. The smallest absolute Gasteiger partial charge is 0.214 e. The van der Waals surface area contributed by atoms with Crippen LogP contribution in [0.2, 0.25) is 0 Å². The highest BCUT2D eigenvalue weighted by atomic mass is 32.2. The fourth-order valence-electron chi connectivity index (χ4n) is 2.62. The van der Waals surface area contributed by atoms with Gasteiger partial charge in [-0.2, -0.15) is 0 Å². The fourth-order valence-corrected chi connectivity index (χ4v) is 4.23. The van der Waals surface area contributed by atoms with Gasteiger partial charge in [0.1, 0.15) is 6.79 Å². The van der Waals surface area contributed by atoms with Crippen LogP contribution in [-0.4, -0.2) is 37.7 Å². The second kappa shape index (κ2) is 5.22. The van der Waals surface area contributed by atoms with Crippen molar-refractivity contribution in [1.29, 1.82) is 0 Å². The topological polar surface area (TPSA) is 75.6 Å². The van der Waals surface area contributed by atoms with Gasteiger partial charge < -0.3 is 9.84 Å². The third-order valence-electron chi connectivity index (χ3n) is 3.74. The molecule has 0 saturated heterocycles. The molecule has 0 unspecified atom stereocenters. The van der Waals surface area contributed by atoms with Gasteiger partial charge in [-0.25, -0.2) is 13.1 Å². The van der Waals surface area contributed by atoms with Crippen LogP contribution in [0.3, 0.4) is 0 Å². The second-order valence-electron chi connectivity index (χ2n) is 5.03. The van der Waals surface area contributed by atoms with E-state index in [1.54, 1.807) is 0 Å². The van der Waals surface area contributed by atoms with E-state index in [9.17, 15) is 8.42 Å². The number of sulfonamides is 1. The summed E-state index contributed by atoms with van der Waals surface area (Å²) in [5.74, 6) is 0.342. The van der Waals surface area contributed by atoms with Crippen LogP contribution >= 0.6 is 0 Å². The summed E-state index contributed by atoms with van der Waals surface area (Å²) in [5, 5.41) is 8.63. The summed E-state index contributed by atoms with van der Waals surface area (Å²) in [7, 11) is -3.11. The summed E-state index contributed by atoms with van der Waals surface area (Å²) in [6.45, 7) is 1.78. The van der Waals surface area contributed by atoms with Crippen molar-refractivity contribution in [3.8, 4) is 0 Å². The first-order valence-corrected chi connectivity index (χ1v) is 7.85. The largest absolute Gasteiger partial charge is 0.371 e. The van der Waals surface area contributed by atoms with Gasteiger partial charge in [0.25, 0.3) is 0 Å². The minimum absolute atomic E-state index is 0.0168. The molecule has 2 aliphatic rings. The number of aliphatic hydroxyl groups excluding tert-OH is 1. The molecule has 0 aromatic heterocycles. The number of hydrogen-bond donors (Lipinski definition) is 2. The van der Waals surface area contributed by atoms with Crippen molar-refractivity contribution in [1.82, 2.24) is 4.72 Å². The van der Waals surface area contributed by atoms with Gasteiger partial charge in [-0.3, -0.25) is 0 Å². The monoisotopic (exact) mass is 263 g/mol. The standard InChI is InChI=1S/C11H21NO4S/c1-2-8-5-9(6-11(8)16-7-13)12-17(14,15)10-3-4-10/h8-13H,2-7H2,1H3/t8-,9+,11+/m1/s1. The molecule has 0 amide bonds. The summed E-state index contributed by atoms with van der Waals surface area (Å²) < 4.78 is 31.6. The average Bonchev–Trinajstić information content (AvgIpc) is 3.04. The Morgan fingerprint density at radius 1 is 1.35 bits per heavy atom. The van der Waals surface area contributed by atoms with Crippen molar-refractivity contribution in [2.24, 2.45) is 5.92 Å². The molecule has 2 aliphatic carbocycles. The predicted octanol–water partition coefficient (Wildman–Crippen LogP) is 0.592. The molecular weight excluding hydrogens is 242 g/mol. The molecule has 2 saturated carbocycles. The van der Waals surface area contributed by atoms with Crippen molar-refractivity contribution in [2.75, 3.05) is 6.79 Å². The van der Waals surface area contributed by atoms with E-state index in [1.165, 1.54) is 0 Å². The van der Waals surface area contributed by atoms with Crippen molar-refractivity contribution in [3.63, 3.8) is 0 Å². The molecule has 17 heavy (non-hydrogen) atoms. The van der Waals surface area contributed by atoms with Crippen molar-refractivity contribution >= 4 is 10.0 Å². The van der Waals surface area contributed by atoms with Crippen molar-refractivity contribution in [2.45, 2.75) is 56.4 Å². The Labute approximate surface area is 103 Å². The number of hydrogen-bond acceptors (Lipinski definition) is 4. The molecule has 0 bridgehead atoms. The number of aliphatic hydroxyl groups is 1. The lowest BCUT2D eigenvalue weighted by Gasteiger charge is -2.16. The Hall–Kier alpha value is -0.170. The van der Waals surface area contributed by atoms with Gasteiger partial charge in [0, 0.05) is 6.04 Å². The summed E-state index contributed by atoms with van der Waals surface area (Å²) >= 11 is 0. The van der Waals surface area contributed by atoms with E-state index in [0.29, 0.717) is 12.3 Å². The van der Waals surface area contributed by atoms with Crippen molar-refractivity contribution in [3.05, 3.63) is 0 Å². The maximum Gasteiger partial charge on any atom is 0.214 e. The SMILES string of the molecule is CC[C@@H]1C[C@H](NS(=O)(=O)C2CC2)C[C@@H]1OCO. The van der Waals surface area contributed by atoms with E-state index in [-0.39, 0.29) is 24.2 Å². The Balaban J connectivity index is 1.91. The quantitative estimate of drug-likeness (QED) is 0.688. The Morgan fingerprint density at radius 3 is 2.59 bits per heavy atom. The van der Waals surface area contributed by atoms with Crippen LogP contribution in [0.1, 0.15) is 39.0 Å². The van der Waals surface area contributed by atoms with E-state index < -0.39 is 10.0 Å². The molecule has 5 nitrogen and oxygen atoms in total. The van der Waals surface area contributed by atoms with E-state index in [0.717, 1.165) is 25.7 Å². The van der Waals surface area contributed by atoms with Gasteiger partial charge in [-0.05, 0) is 31.6 Å². The predicted molar refractivity (Wildman–Crippen MR) is 63.8 cm³/mol. The van der Waals surface area contributed by atoms with Gasteiger partial charge in [-0.15, -0.1) is 0 Å². The number of rotatable bonds is 6. The molecule has 0 radical (unpaired) electrons. The van der Waals surface area contributed by atoms with E-state index in [4.69, 9.17) is 9.84 Å². The van der Waals surface area contributed by atoms with Crippen LogP contribution in [0, 0.1) is 5.92 Å². The third-order valence-corrected chi connectivity index (χ3v) is 5.75. The minimum atomic E-state index is -3.11. The molecule has 6 heteroatoms. The van der Waals surface area contributed by atoms with Crippen LogP contribution in [0.4, 0.5) is 0 Å². The molecular formula is C11H21NO4S. The zero-order valence-electron chi connectivity index (χ0n) is 10.1. The normalized spacial score (nSPS) is 34.1. The summed E-state index contributed by atoms with van der Waals surface area (Å²) in [6, 6.07) is -0.0258. The summed E-state index contributed by atoms with van der Waals surface area (Å²) in [5.41, 5.74) is 0. The molecule has 100 valence electrons. The number of ether oxygens (including phenoxy) is 1. The Bertz CT molecular complexity index is 352. The highest BCUT2D eigenvalue weighted by molar-refractivity contribution is 7.90. The number of nitrogens with one attached hydrogen (secondary N) is 1. The Morgan fingerprint density at radius 2 is 2.06 bits per heavy atom. The van der Waals surface area contributed by atoms with Crippen LogP contribution in [0.25, 0.3) is 0 Å². The third kappa shape index (κ3) is 3.19. The maximum absolute atomic E-state index is 11.8. The fraction of sp³-hybridized carbons (Fsp3) is 1.00. The zero-order valence-corrected chi connectivity index (χ0v) is 10.9. The van der Waals surface area contributed by atoms with Crippen LogP contribution in [0.15, 0.2) is 0 Å². The molecule has 0 aromatic carbocycles. The highest BCUT2D eigenvalue weighted by Gasteiger charge is 2.40. The van der Waals surface area contributed by atoms with Gasteiger partial charge in [0.05, 0.1) is 11.4 Å². The second-order valence-corrected chi connectivity index (χ2v) is 7.03. The van der Waals surface area contributed by atoms with Crippen LogP contribution in [-0.2, 0) is 14.8 Å². The molecule has 2 fully saturated rings. The molecule has 0 aliphatic heterocycles. The summed E-state index contributed by atoms with van der Waals surface area (Å²) in [6.07, 6.45) is 3.99. The van der Waals surface area contributed by atoms with Gasteiger partial charge in [0.2, 0.25) is 10.0 Å². The molecule has 2 N–H and O–H groups in total. The highest BCUT2D eigenvalue weighted by Crippen LogP contribution is 2.33. The maximum atomic E-state index is 11.8. The average molecular weight is 263 g/mol. The van der Waals surface area contributed by atoms with Gasteiger partial charge in [-0.1, -0.05) is 13.3 Å². The first kappa shape index (κ1) is 13.3. The van der Waals surface area contributed by atoms with Gasteiger partial charge >= 0.3 is 0 Å². The first-order valence-electron chi connectivity index (χ1n) is 6.30. The van der Waals surface area contributed by atoms with Crippen molar-refractivity contribution < 1.29 is 18.3 Å². The molecule has 2 rings (SSSR count). The Kier molecular flexibility index (Phi) is 4.07. The lowest BCUT2D eigenvalue weighted by molar-refractivity contribution is -0.0645.